The van der Waals surface area contributed by atoms with Gasteiger partial charge in [0, 0.05) is 22.7 Å². The molecule has 5 heteroatoms. The standard InChI is InChI=1S/C20H21N3O2/c1-14(2)15-7-9-17(10-8-15)25-13-20(24)23-22-12-16-11-21-19-6-4-3-5-18(16)19/h3-12,14,21H,13H2,1-2H3,(H,23,24)/b22-12+. The van der Waals surface area contributed by atoms with Crippen molar-refractivity contribution in [1.82, 2.24) is 10.4 Å². The van der Waals surface area contributed by atoms with Crippen molar-refractivity contribution < 1.29 is 9.53 Å². The Morgan fingerprint density at radius 1 is 1.20 bits per heavy atom. The van der Waals surface area contributed by atoms with Crippen LogP contribution in [0, 0.1) is 0 Å². The maximum Gasteiger partial charge on any atom is 0.277 e. The average Bonchev–Trinajstić information content (AvgIpc) is 3.04. The van der Waals surface area contributed by atoms with E-state index in [1.807, 2.05) is 54.7 Å². The van der Waals surface area contributed by atoms with Crippen LogP contribution in [0.15, 0.2) is 59.8 Å². The number of ether oxygens (including phenoxy) is 1. The number of nitrogens with one attached hydrogen (secondary N) is 2. The van der Waals surface area contributed by atoms with E-state index < -0.39 is 0 Å². The van der Waals surface area contributed by atoms with Gasteiger partial charge in [0.15, 0.2) is 6.61 Å². The maximum absolute atomic E-state index is 11.8. The smallest absolute Gasteiger partial charge is 0.277 e. The highest BCUT2D eigenvalue weighted by Gasteiger charge is 2.04. The molecule has 5 nitrogen and oxygen atoms in total. The van der Waals surface area contributed by atoms with Gasteiger partial charge in [-0.3, -0.25) is 4.79 Å². The molecule has 0 unspecified atom stereocenters. The van der Waals surface area contributed by atoms with Crippen LogP contribution in [-0.2, 0) is 4.79 Å². The first-order valence-corrected chi connectivity index (χ1v) is 8.24. The van der Waals surface area contributed by atoms with Gasteiger partial charge in [-0.25, -0.2) is 5.43 Å². The molecule has 0 radical (unpaired) electrons. The molecule has 0 bridgehead atoms. The van der Waals surface area contributed by atoms with Gasteiger partial charge in [-0.2, -0.15) is 5.10 Å². The van der Waals surface area contributed by atoms with Crippen LogP contribution in [-0.4, -0.2) is 23.7 Å². The molecule has 2 aromatic carbocycles. The molecule has 3 rings (SSSR count). The summed E-state index contributed by atoms with van der Waals surface area (Å²) in [4.78, 5) is 15.0. The number of rotatable bonds is 6. The zero-order valence-electron chi connectivity index (χ0n) is 14.3. The van der Waals surface area contributed by atoms with Gasteiger partial charge in [0.1, 0.15) is 5.75 Å². The van der Waals surface area contributed by atoms with E-state index in [-0.39, 0.29) is 12.5 Å². The Hall–Kier alpha value is -3.08. The molecule has 3 aromatic rings. The number of carbonyl (C=O) groups is 1. The van der Waals surface area contributed by atoms with E-state index in [1.165, 1.54) is 5.56 Å². The van der Waals surface area contributed by atoms with Crippen LogP contribution in [0.25, 0.3) is 10.9 Å². The van der Waals surface area contributed by atoms with Crippen LogP contribution < -0.4 is 10.2 Å². The molecule has 1 heterocycles. The van der Waals surface area contributed by atoms with Crippen molar-refractivity contribution in [3.63, 3.8) is 0 Å². The van der Waals surface area contributed by atoms with Crippen LogP contribution in [0.1, 0.15) is 30.9 Å². The van der Waals surface area contributed by atoms with Crippen LogP contribution in [0.2, 0.25) is 0 Å². The minimum atomic E-state index is -0.302. The second-order valence-corrected chi connectivity index (χ2v) is 6.10. The molecular formula is C20H21N3O2. The number of H-pyrrole nitrogens is 1. The van der Waals surface area contributed by atoms with Crippen LogP contribution in [0.5, 0.6) is 5.75 Å². The molecule has 1 aromatic heterocycles. The van der Waals surface area contributed by atoms with Crippen molar-refractivity contribution in [3.8, 4) is 5.75 Å². The van der Waals surface area contributed by atoms with Gasteiger partial charge in [0.2, 0.25) is 0 Å². The first kappa shape index (κ1) is 16.8. The normalized spacial score (nSPS) is 11.3. The minimum absolute atomic E-state index is 0.0771. The van der Waals surface area contributed by atoms with E-state index >= 15 is 0 Å². The van der Waals surface area contributed by atoms with Crippen LogP contribution in [0.4, 0.5) is 0 Å². The summed E-state index contributed by atoms with van der Waals surface area (Å²) in [5.74, 6) is 0.834. The summed E-state index contributed by atoms with van der Waals surface area (Å²) >= 11 is 0. The number of aromatic nitrogens is 1. The van der Waals surface area contributed by atoms with Gasteiger partial charge in [-0.1, -0.05) is 44.2 Å². The van der Waals surface area contributed by atoms with E-state index in [0.29, 0.717) is 11.7 Å². The summed E-state index contributed by atoms with van der Waals surface area (Å²) in [6.07, 6.45) is 3.47. The van der Waals surface area contributed by atoms with E-state index in [0.717, 1.165) is 16.5 Å². The topological polar surface area (TPSA) is 66.5 Å². The largest absolute Gasteiger partial charge is 0.484 e. The van der Waals surface area contributed by atoms with Gasteiger partial charge < -0.3 is 9.72 Å². The number of aromatic amines is 1. The van der Waals surface area contributed by atoms with Crippen molar-refractivity contribution in [2.45, 2.75) is 19.8 Å². The molecule has 1 amide bonds. The molecule has 25 heavy (non-hydrogen) atoms. The molecule has 0 saturated carbocycles. The highest BCUT2D eigenvalue weighted by Crippen LogP contribution is 2.18. The number of hydrogen-bond donors (Lipinski definition) is 2. The molecule has 128 valence electrons. The number of hydrogen-bond acceptors (Lipinski definition) is 3. The molecule has 2 N–H and O–H groups in total. The molecule has 0 aliphatic heterocycles. The second kappa shape index (κ2) is 7.66. The van der Waals surface area contributed by atoms with E-state index in [4.69, 9.17) is 4.74 Å². The number of fused-ring (bicyclic) bond motifs is 1. The summed E-state index contributed by atoms with van der Waals surface area (Å²) < 4.78 is 5.47. The molecular weight excluding hydrogens is 314 g/mol. The lowest BCUT2D eigenvalue weighted by molar-refractivity contribution is -0.123. The monoisotopic (exact) mass is 335 g/mol. The number of benzene rings is 2. The SMILES string of the molecule is CC(C)c1ccc(OCC(=O)N/N=C/c2c[nH]c3ccccc23)cc1. The fraction of sp³-hybridized carbons (Fsp3) is 0.200. The first-order chi connectivity index (χ1) is 12.1. The number of carbonyl (C=O) groups excluding carboxylic acids is 1. The Bertz CT molecular complexity index is 879. The number of amides is 1. The fourth-order valence-corrected chi connectivity index (χ4v) is 2.50. The number of nitrogens with zero attached hydrogens (tertiary/aromatic N) is 1. The molecule has 0 saturated heterocycles. The van der Waals surface area contributed by atoms with Crippen molar-refractivity contribution >= 4 is 23.0 Å². The van der Waals surface area contributed by atoms with Gasteiger partial charge in [-0.15, -0.1) is 0 Å². The van der Waals surface area contributed by atoms with Crippen molar-refractivity contribution in [2.75, 3.05) is 6.61 Å². The summed E-state index contributed by atoms with van der Waals surface area (Å²) in [6.45, 7) is 4.19. The van der Waals surface area contributed by atoms with Crippen molar-refractivity contribution in [2.24, 2.45) is 5.10 Å². The zero-order chi connectivity index (χ0) is 17.6. The number of hydrazone groups is 1. The molecule has 0 aliphatic carbocycles. The lowest BCUT2D eigenvalue weighted by Crippen LogP contribution is -2.24. The second-order valence-electron chi connectivity index (χ2n) is 6.10. The lowest BCUT2D eigenvalue weighted by atomic mass is 10.0. The third kappa shape index (κ3) is 4.26. The highest BCUT2D eigenvalue weighted by molar-refractivity contribution is 5.99. The highest BCUT2D eigenvalue weighted by atomic mass is 16.5. The Balaban J connectivity index is 1.51. The summed E-state index contributed by atoms with van der Waals surface area (Å²) in [5, 5.41) is 5.05. The first-order valence-electron chi connectivity index (χ1n) is 8.24. The quantitative estimate of drug-likeness (QED) is 0.531. The van der Waals surface area contributed by atoms with Crippen molar-refractivity contribution in [3.05, 3.63) is 65.9 Å². The van der Waals surface area contributed by atoms with Crippen LogP contribution >= 0.6 is 0 Å². The summed E-state index contributed by atoms with van der Waals surface area (Å²) in [6, 6.07) is 15.7. The third-order valence-electron chi connectivity index (χ3n) is 3.93. The predicted molar refractivity (Wildman–Crippen MR) is 100 cm³/mol. The Morgan fingerprint density at radius 2 is 1.96 bits per heavy atom. The average molecular weight is 335 g/mol. The Labute approximate surface area is 146 Å². The van der Waals surface area contributed by atoms with Gasteiger partial charge >= 0.3 is 0 Å². The summed E-state index contributed by atoms with van der Waals surface area (Å²) in [7, 11) is 0. The van der Waals surface area contributed by atoms with E-state index in [2.05, 4.69) is 29.4 Å². The summed E-state index contributed by atoms with van der Waals surface area (Å²) in [5.41, 5.74) is 5.66. The molecule has 0 fully saturated rings. The zero-order valence-corrected chi connectivity index (χ0v) is 14.3. The van der Waals surface area contributed by atoms with Gasteiger partial charge in [-0.05, 0) is 29.7 Å². The Morgan fingerprint density at radius 3 is 2.72 bits per heavy atom. The van der Waals surface area contributed by atoms with Gasteiger partial charge in [0.05, 0.1) is 6.21 Å². The maximum atomic E-state index is 11.8. The number of para-hydroxylation sites is 1. The van der Waals surface area contributed by atoms with Gasteiger partial charge in [0.25, 0.3) is 5.91 Å². The molecule has 0 aliphatic rings. The Kier molecular flexibility index (Phi) is 5.14. The van der Waals surface area contributed by atoms with E-state index in [9.17, 15) is 4.79 Å². The predicted octanol–water partition coefficient (Wildman–Crippen LogP) is 3.82. The molecule has 0 atom stereocenters. The van der Waals surface area contributed by atoms with Crippen LogP contribution in [0.3, 0.4) is 0 Å². The molecule has 0 spiro atoms. The van der Waals surface area contributed by atoms with E-state index in [1.54, 1.807) is 6.21 Å². The fourth-order valence-electron chi connectivity index (χ4n) is 2.50. The minimum Gasteiger partial charge on any atom is -0.484 e. The van der Waals surface area contributed by atoms with Crippen molar-refractivity contribution in [1.29, 1.82) is 0 Å². The lowest BCUT2D eigenvalue weighted by Gasteiger charge is -2.08. The third-order valence-corrected chi connectivity index (χ3v) is 3.93.